The molecule has 0 spiro atoms. The van der Waals surface area contributed by atoms with E-state index in [0.29, 0.717) is 29.3 Å². The summed E-state index contributed by atoms with van der Waals surface area (Å²) in [7, 11) is 0. The van der Waals surface area contributed by atoms with Crippen LogP contribution in [0.1, 0.15) is 64.7 Å². The van der Waals surface area contributed by atoms with Crippen LogP contribution in [0, 0.1) is 5.92 Å². The predicted octanol–water partition coefficient (Wildman–Crippen LogP) is 3.39. The Balaban J connectivity index is 1.82. The van der Waals surface area contributed by atoms with Crippen molar-refractivity contribution >= 4 is 17.7 Å². The van der Waals surface area contributed by atoms with Crippen LogP contribution in [-0.2, 0) is 4.79 Å². The minimum absolute atomic E-state index is 0.0695. The quantitative estimate of drug-likeness (QED) is 0.864. The van der Waals surface area contributed by atoms with Crippen LogP contribution in [0.3, 0.4) is 0 Å². The van der Waals surface area contributed by atoms with Crippen LogP contribution in [-0.4, -0.2) is 40.6 Å². The van der Waals surface area contributed by atoms with Crippen molar-refractivity contribution in [2.75, 3.05) is 6.26 Å². The zero-order valence-electron chi connectivity index (χ0n) is 13.5. The third kappa shape index (κ3) is 2.98. The molecule has 1 heterocycles. The van der Waals surface area contributed by atoms with Crippen LogP contribution < -0.4 is 5.32 Å². The Hall–Kier alpha value is -0.220. The molecule has 120 valence electrons. The van der Waals surface area contributed by atoms with Gasteiger partial charge in [-0.3, -0.25) is 10.1 Å². The molecule has 3 rings (SSSR count). The Kier molecular flexibility index (Phi) is 5.15. The fourth-order valence-corrected chi connectivity index (χ4v) is 5.63. The summed E-state index contributed by atoms with van der Waals surface area (Å²) in [4.78, 5) is 15.2. The van der Waals surface area contributed by atoms with E-state index in [1.54, 1.807) is 0 Å². The maximum absolute atomic E-state index is 12.9. The fourth-order valence-electron chi connectivity index (χ4n) is 4.64. The van der Waals surface area contributed by atoms with Gasteiger partial charge in [0.25, 0.3) is 0 Å². The summed E-state index contributed by atoms with van der Waals surface area (Å²) < 4.78 is 0. The maximum atomic E-state index is 12.9. The summed E-state index contributed by atoms with van der Waals surface area (Å²) >= 11 is 1.97. The van der Waals surface area contributed by atoms with E-state index in [1.165, 1.54) is 51.4 Å². The Labute approximate surface area is 133 Å². The highest BCUT2D eigenvalue weighted by molar-refractivity contribution is 7.99. The molecule has 4 unspecified atom stereocenters. The van der Waals surface area contributed by atoms with E-state index in [-0.39, 0.29) is 6.04 Å². The average molecular weight is 311 g/mol. The number of carbonyl (C=O) groups is 1. The highest BCUT2D eigenvalue weighted by atomic mass is 32.2. The molecule has 0 aromatic rings. The molecule has 1 amide bonds. The third-order valence-electron chi connectivity index (χ3n) is 5.81. The van der Waals surface area contributed by atoms with Crippen molar-refractivity contribution in [1.29, 1.82) is 0 Å². The second-order valence-electron chi connectivity index (χ2n) is 6.99. The summed E-state index contributed by atoms with van der Waals surface area (Å²) in [6, 6.07) is 0.538. The maximum Gasteiger partial charge on any atom is 0.241 e. The lowest BCUT2D eigenvalue weighted by atomic mass is 9.91. The number of nitrogens with one attached hydrogen (secondary N) is 1. The normalized spacial score (nSPS) is 38.4. The van der Waals surface area contributed by atoms with Gasteiger partial charge in [0.1, 0.15) is 0 Å². The number of rotatable bonds is 4. The Morgan fingerprint density at radius 3 is 2.48 bits per heavy atom. The van der Waals surface area contributed by atoms with Gasteiger partial charge < -0.3 is 4.90 Å². The highest BCUT2D eigenvalue weighted by Gasteiger charge is 2.47. The molecule has 4 heteroatoms. The van der Waals surface area contributed by atoms with Crippen molar-refractivity contribution in [3.63, 3.8) is 0 Å². The number of carbonyl (C=O) groups excluding carboxylic acids is 1. The van der Waals surface area contributed by atoms with Crippen LogP contribution in [0.15, 0.2) is 0 Å². The number of thioether (sulfide) groups is 1. The summed E-state index contributed by atoms with van der Waals surface area (Å²) in [5.74, 6) is 1.08. The number of nitrogens with zero attached hydrogens (tertiary/aromatic N) is 1. The summed E-state index contributed by atoms with van der Waals surface area (Å²) in [5.41, 5.74) is 0. The van der Waals surface area contributed by atoms with Crippen molar-refractivity contribution in [1.82, 2.24) is 10.2 Å². The molecule has 2 saturated carbocycles. The molecule has 1 saturated heterocycles. The van der Waals surface area contributed by atoms with Crippen LogP contribution >= 0.6 is 11.8 Å². The Bertz CT molecular complexity index is 370. The number of hydrogen-bond acceptors (Lipinski definition) is 3. The molecule has 3 aliphatic rings. The second kappa shape index (κ2) is 6.91. The molecular weight excluding hydrogens is 280 g/mol. The average Bonchev–Trinajstić information content (AvgIpc) is 3.14. The lowest BCUT2D eigenvalue weighted by molar-refractivity contribution is -0.133. The minimum atomic E-state index is 0.0695. The van der Waals surface area contributed by atoms with Gasteiger partial charge in [-0.2, -0.15) is 11.8 Å². The molecule has 0 aromatic carbocycles. The van der Waals surface area contributed by atoms with Crippen molar-refractivity contribution in [3.05, 3.63) is 0 Å². The Morgan fingerprint density at radius 1 is 1.14 bits per heavy atom. The predicted molar refractivity (Wildman–Crippen MR) is 89.4 cm³/mol. The summed E-state index contributed by atoms with van der Waals surface area (Å²) in [6.07, 6.45) is 13.9. The van der Waals surface area contributed by atoms with Crippen molar-refractivity contribution in [3.8, 4) is 0 Å². The molecule has 0 bridgehead atoms. The van der Waals surface area contributed by atoms with Crippen molar-refractivity contribution < 1.29 is 4.79 Å². The first kappa shape index (κ1) is 15.7. The van der Waals surface area contributed by atoms with E-state index in [0.717, 1.165) is 6.42 Å². The molecular formula is C17H30N2OS. The molecule has 1 aliphatic heterocycles. The number of amides is 1. The van der Waals surface area contributed by atoms with E-state index >= 15 is 0 Å². The van der Waals surface area contributed by atoms with Gasteiger partial charge in [-0.1, -0.05) is 32.6 Å². The first-order valence-corrected chi connectivity index (χ1v) is 10.2. The SMILES string of the molecule is CCC1NC(C2CCCC2)N(C2CCCCC2SC)C1=O. The lowest BCUT2D eigenvalue weighted by Crippen LogP contribution is -2.52. The van der Waals surface area contributed by atoms with Crippen LogP contribution in [0.5, 0.6) is 0 Å². The first-order chi connectivity index (χ1) is 10.3. The standard InChI is InChI=1S/C17H30N2OS/c1-3-13-17(20)19(14-10-6-7-11-15(14)21-2)16(18-13)12-8-4-5-9-12/h12-16,18H,3-11H2,1-2H3. The molecule has 21 heavy (non-hydrogen) atoms. The van der Waals surface area contributed by atoms with E-state index in [1.807, 2.05) is 11.8 Å². The summed E-state index contributed by atoms with van der Waals surface area (Å²) in [5, 5.41) is 4.33. The molecule has 0 aromatic heterocycles. The molecule has 2 aliphatic carbocycles. The van der Waals surface area contributed by atoms with E-state index in [9.17, 15) is 4.79 Å². The van der Waals surface area contributed by atoms with Gasteiger partial charge in [0.15, 0.2) is 0 Å². The van der Waals surface area contributed by atoms with Crippen LogP contribution in [0.4, 0.5) is 0 Å². The first-order valence-electron chi connectivity index (χ1n) is 8.87. The van der Waals surface area contributed by atoms with Crippen LogP contribution in [0.2, 0.25) is 0 Å². The smallest absolute Gasteiger partial charge is 0.241 e. The zero-order chi connectivity index (χ0) is 14.8. The number of hydrogen-bond donors (Lipinski definition) is 1. The van der Waals surface area contributed by atoms with Gasteiger partial charge in [0.05, 0.1) is 12.2 Å². The molecule has 3 fully saturated rings. The van der Waals surface area contributed by atoms with Crippen molar-refractivity contribution in [2.24, 2.45) is 5.92 Å². The largest absolute Gasteiger partial charge is 0.321 e. The van der Waals surface area contributed by atoms with Gasteiger partial charge in [-0.25, -0.2) is 0 Å². The van der Waals surface area contributed by atoms with Gasteiger partial charge in [-0.15, -0.1) is 0 Å². The zero-order valence-corrected chi connectivity index (χ0v) is 14.3. The van der Waals surface area contributed by atoms with E-state index < -0.39 is 0 Å². The molecule has 0 radical (unpaired) electrons. The lowest BCUT2D eigenvalue weighted by Gasteiger charge is -2.41. The Morgan fingerprint density at radius 2 is 1.81 bits per heavy atom. The summed E-state index contributed by atoms with van der Waals surface area (Å²) in [6.45, 7) is 2.14. The highest BCUT2D eigenvalue weighted by Crippen LogP contribution is 2.38. The van der Waals surface area contributed by atoms with Crippen LogP contribution in [0.25, 0.3) is 0 Å². The van der Waals surface area contributed by atoms with Gasteiger partial charge in [-0.05, 0) is 44.3 Å². The minimum Gasteiger partial charge on any atom is -0.321 e. The van der Waals surface area contributed by atoms with Gasteiger partial charge in [0, 0.05) is 11.3 Å². The van der Waals surface area contributed by atoms with Gasteiger partial charge in [0.2, 0.25) is 5.91 Å². The monoisotopic (exact) mass is 310 g/mol. The van der Waals surface area contributed by atoms with E-state index in [4.69, 9.17) is 0 Å². The van der Waals surface area contributed by atoms with E-state index in [2.05, 4.69) is 23.4 Å². The second-order valence-corrected chi connectivity index (χ2v) is 8.07. The topological polar surface area (TPSA) is 32.3 Å². The van der Waals surface area contributed by atoms with Gasteiger partial charge >= 0.3 is 0 Å². The third-order valence-corrected chi connectivity index (χ3v) is 6.96. The molecule has 3 nitrogen and oxygen atoms in total. The fraction of sp³-hybridized carbons (Fsp3) is 0.941. The molecule has 1 N–H and O–H groups in total. The van der Waals surface area contributed by atoms with Crippen molar-refractivity contribution in [2.45, 2.75) is 88.2 Å². The molecule has 4 atom stereocenters.